The highest BCUT2D eigenvalue weighted by Crippen LogP contribution is 2.35. The first-order valence-corrected chi connectivity index (χ1v) is 12.8. The molecule has 0 saturated carbocycles. The van der Waals surface area contributed by atoms with E-state index in [1.165, 1.54) is 0 Å². The number of halogens is 1. The summed E-state index contributed by atoms with van der Waals surface area (Å²) in [5.74, 6) is 0.0547. The Bertz CT molecular complexity index is 1370. The molecule has 0 aliphatic carbocycles. The number of hydrogen-bond donors (Lipinski definition) is 1. The second kappa shape index (κ2) is 12.0. The summed E-state index contributed by atoms with van der Waals surface area (Å²) >= 11 is 7.01. The Morgan fingerprint density at radius 2 is 1.84 bits per heavy atom. The van der Waals surface area contributed by atoms with E-state index in [0.29, 0.717) is 34.4 Å². The second-order valence-corrected chi connectivity index (χ2v) is 9.61. The summed E-state index contributed by atoms with van der Waals surface area (Å²) in [6, 6.07) is 19.9. The van der Waals surface area contributed by atoms with Gasteiger partial charge in [0.25, 0.3) is 11.1 Å². The molecule has 1 N–H and O–H groups in total. The fraction of sp³-hybridized carbons (Fsp3) is 0.179. The van der Waals surface area contributed by atoms with Gasteiger partial charge in [-0.25, -0.2) is 0 Å². The Kier molecular flexibility index (Phi) is 8.53. The van der Waals surface area contributed by atoms with E-state index >= 15 is 0 Å². The Balaban J connectivity index is 1.45. The molecule has 3 amide bonds. The number of ether oxygens (including phenoxy) is 2. The SMILES string of the molecule is CCOc1cc(/C=C2\SC(=O)N(CC(=O)Nc3cccc(C)c3)C2=O)ccc1OCc1ccccc1Cl. The first kappa shape index (κ1) is 26.3. The Morgan fingerprint density at radius 1 is 1.03 bits per heavy atom. The van der Waals surface area contributed by atoms with Crippen LogP contribution in [0.1, 0.15) is 23.6 Å². The molecule has 1 fully saturated rings. The smallest absolute Gasteiger partial charge is 0.294 e. The van der Waals surface area contributed by atoms with Gasteiger partial charge in [0.15, 0.2) is 11.5 Å². The van der Waals surface area contributed by atoms with Gasteiger partial charge in [0.05, 0.1) is 11.5 Å². The van der Waals surface area contributed by atoms with Crippen LogP contribution in [0, 0.1) is 6.92 Å². The number of nitrogens with zero attached hydrogens (tertiary/aromatic N) is 1. The summed E-state index contributed by atoms with van der Waals surface area (Å²) in [5, 5.41) is 2.83. The number of amides is 3. The number of anilines is 1. The highest BCUT2D eigenvalue weighted by molar-refractivity contribution is 8.18. The Hall–Kier alpha value is -3.75. The van der Waals surface area contributed by atoms with Crippen molar-refractivity contribution in [2.24, 2.45) is 0 Å². The predicted molar refractivity (Wildman–Crippen MR) is 146 cm³/mol. The number of hydrogen-bond acceptors (Lipinski definition) is 6. The molecular weight excluding hydrogens is 512 g/mol. The van der Waals surface area contributed by atoms with E-state index in [9.17, 15) is 14.4 Å². The fourth-order valence-corrected chi connectivity index (χ4v) is 4.66. The topological polar surface area (TPSA) is 84.9 Å². The molecule has 1 heterocycles. The number of aryl methyl sites for hydroxylation is 1. The van der Waals surface area contributed by atoms with Crippen molar-refractivity contribution in [2.75, 3.05) is 18.5 Å². The van der Waals surface area contributed by atoms with Crippen molar-refractivity contribution >= 4 is 52.2 Å². The van der Waals surface area contributed by atoms with Gasteiger partial charge in [-0.3, -0.25) is 19.3 Å². The van der Waals surface area contributed by atoms with Crippen molar-refractivity contribution < 1.29 is 23.9 Å². The zero-order valence-corrected chi connectivity index (χ0v) is 21.9. The fourth-order valence-electron chi connectivity index (χ4n) is 3.63. The summed E-state index contributed by atoms with van der Waals surface area (Å²) < 4.78 is 11.7. The van der Waals surface area contributed by atoms with Gasteiger partial charge in [-0.05, 0) is 73.1 Å². The van der Waals surface area contributed by atoms with Crippen molar-refractivity contribution in [3.8, 4) is 11.5 Å². The van der Waals surface area contributed by atoms with E-state index < -0.39 is 17.1 Å². The molecule has 0 unspecified atom stereocenters. The van der Waals surface area contributed by atoms with E-state index in [-0.39, 0.29) is 18.1 Å². The van der Waals surface area contributed by atoms with Crippen LogP contribution in [0.2, 0.25) is 5.02 Å². The molecule has 0 bridgehead atoms. The third-order valence-corrected chi connectivity index (χ3v) is 6.66. The van der Waals surface area contributed by atoms with Crippen LogP contribution in [-0.4, -0.2) is 35.1 Å². The maximum Gasteiger partial charge on any atom is 0.294 e. The first-order valence-electron chi connectivity index (χ1n) is 11.6. The molecule has 4 rings (SSSR count). The van der Waals surface area contributed by atoms with Crippen molar-refractivity contribution in [3.63, 3.8) is 0 Å². The lowest BCUT2D eigenvalue weighted by Crippen LogP contribution is -2.36. The van der Waals surface area contributed by atoms with Crippen molar-refractivity contribution in [1.82, 2.24) is 4.90 Å². The van der Waals surface area contributed by atoms with Gasteiger partial charge in [0.1, 0.15) is 13.2 Å². The highest BCUT2D eigenvalue weighted by Gasteiger charge is 2.36. The van der Waals surface area contributed by atoms with Gasteiger partial charge in [-0.2, -0.15) is 0 Å². The second-order valence-electron chi connectivity index (χ2n) is 8.20. The largest absolute Gasteiger partial charge is 0.490 e. The molecule has 9 heteroatoms. The van der Waals surface area contributed by atoms with Gasteiger partial charge in [0, 0.05) is 16.3 Å². The molecule has 0 aromatic heterocycles. The molecule has 0 atom stereocenters. The molecule has 3 aromatic carbocycles. The lowest BCUT2D eigenvalue weighted by Gasteiger charge is -2.13. The maximum absolute atomic E-state index is 12.9. The van der Waals surface area contributed by atoms with Crippen molar-refractivity contribution in [3.05, 3.63) is 93.3 Å². The third kappa shape index (κ3) is 6.72. The summed E-state index contributed by atoms with van der Waals surface area (Å²) in [6.07, 6.45) is 1.60. The lowest BCUT2D eigenvalue weighted by molar-refractivity contribution is -0.127. The number of rotatable bonds is 9. The quantitative estimate of drug-likeness (QED) is 0.323. The van der Waals surface area contributed by atoms with Gasteiger partial charge in [0.2, 0.25) is 5.91 Å². The summed E-state index contributed by atoms with van der Waals surface area (Å²) in [7, 11) is 0. The minimum Gasteiger partial charge on any atom is -0.490 e. The van der Waals surface area contributed by atoms with Gasteiger partial charge in [-0.15, -0.1) is 0 Å². The highest BCUT2D eigenvalue weighted by atomic mass is 35.5. The molecule has 7 nitrogen and oxygen atoms in total. The molecule has 190 valence electrons. The van der Waals surface area contributed by atoms with Crippen LogP contribution in [0.25, 0.3) is 6.08 Å². The minimum absolute atomic E-state index is 0.223. The third-order valence-electron chi connectivity index (χ3n) is 5.38. The van der Waals surface area contributed by atoms with E-state index in [1.807, 2.05) is 50.2 Å². The molecule has 3 aromatic rings. The van der Waals surface area contributed by atoms with Gasteiger partial charge in [-0.1, -0.05) is 48.0 Å². The van der Waals surface area contributed by atoms with E-state index in [1.54, 1.807) is 36.4 Å². The summed E-state index contributed by atoms with van der Waals surface area (Å²) in [6.45, 7) is 4.08. The molecule has 37 heavy (non-hydrogen) atoms. The monoisotopic (exact) mass is 536 g/mol. The Morgan fingerprint density at radius 3 is 2.59 bits per heavy atom. The van der Waals surface area contributed by atoms with Crippen LogP contribution >= 0.6 is 23.4 Å². The maximum atomic E-state index is 12.9. The standard InChI is InChI=1S/C28H25ClN2O5S/c1-3-35-24-14-19(11-12-23(24)36-17-20-8-4-5-10-22(20)29)15-25-27(33)31(28(34)37-25)16-26(32)30-21-9-6-7-18(2)13-21/h4-15H,3,16-17H2,1-2H3,(H,30,32)/b25-15-. The van der Waals surface area contributed by atoms with Crippen LogP contribution in [-0.2, 0) is 16.2 Å². The molecular formula is C28H25ClN2O5S. The molecule has 1 aliphatic heterocycles. The van der Waals surface area contributed by atoms with Crippen LogP contribution < -0.4 is 14.8 Å². The van der Waals surface area contributed by atoms with Crippen LogP contribution in [0.5, 0.6) is 11.5 Å². The minimum atomic E-state index is -0.522. The molecule has 1 saturated heterocycles. The lowest BCUT2D eigenvalue weighted by atomic mass is 10.1. The number of carbonyl (C=O) groups is 3. The van der Waals surface area contributed by atoms with Crippen LogP contribution in [0.15, 0.2) is 71.6 Å². The van der Waals surface area contributed by atoms with Crippen molar-refractivity contribution in [2.45, 2.75) is 20.5 Å². The number of carbonyl (C=O) groups excluding carboxylic acids is 3. The average Bonchev–Trinajstić information content (AvgIpc) is 3.12. The van der Waals surface area contributed by atoms with Crippen molar-refractivity contribution in [1.29, 1.82) is 0 Å². The number of nitrogens with one attached hydrogen (secondary N) is 1. The van der Waals surface area contributed by atoms with Crippen LogP contribution in [0.3, 0.4) is 0 Å². The van der Waals surface area contributed by atoms with Crippen LogP contribution in [0.4, 0.5) is 10.5 Å². The molecule has 0 spiro atoms. The number of imide groups is 1. The van der Waals surface area contributed by atoms with E-state index in [2.05, 4.69) is 5.32 Å². The number of thioether (sulfide) groups is 1. The molecule has 1 aliphatic rings. The normalized spacial score (nSPS) is 14.2. The van der Waals surface area contributed by atoms with Gasteiger partial charge < -0.3 is 14.8 Å². The summed E-state index contributed by atoms with van der Waals surface area (Å²) in [5.41, 5.74) is 3.09. The predicted octanol–water partition coefficient (Wildman–Crippen LogP) is 6.30. The van der Waals surface area contributed by atoms with E-state index in [0.717, 1.165) is 27.8 Å². The number of benzene rings is 3. The average molecular weight is 537 g/mol. The zero-order valence-electron chi connectivity index (χ0n) is 20.3. The zero-order chi connectivity index (χ0) is 26.4. The Labute approximate surface area is 224 Å². The van der Waals surface area contributed by atoms with Gasteiger partial charge >= 0.3 is 0 Å². The molecule has 0 radical (unpaired) electrons. The first-order chi connectivity index (χ1) is 17.8. The van der Waals surface area contributed by atoms with E-state index in [4.69, 9.17) is 21.1 Å². The summed E-state index contributed by atoms with van der Waals surface area (Å²) in [4.78, 5) is 39.0.